The monoisotopic (exact) mass is 294 g/mol. The third-order valence-electron chi connectivity index (χ3n) is 3.66. The lowest BCUT2D eigenvalue weighted by atomic mass is 9.82. The molecule has 0 amide bonds. The fraction of sp³-hybridized carbons (Fsp3) is 0.533. The molecule has 0 unspecified atom stereocenters. The Morgan fingerprint density at radius 3 is 2.60 bits per heavy atom. The van der Waals surface area contributed by atoms with Crippen molar-refractivity contribution in [1.82, 2.24) is 4.90 Å². The van der Waals surface area contributed by atoms with Crippen molar-refractivity contribution in [3.8, 4) is 5.75 Å². The molecule has 0 spiro atoms. The number of thiocarbonyl (C=S) groups is 1. The van der Waals surface area contributed by atoms with Gasteiger partial charge >= 0.3 is 0 Å². The van der Waals surface area contributed by atoms with E-state index in [0.717, 1.165) is 37.2 Å². The van der Waals surface area contributed by atoms with Crippen molar-refractivity contribution >= 4 is 17.2 Å². The second kappa shape index (κ2) is 7.02. The summed E-state index contributed by atoms with van der Waals surface area (Å²) in [7, 11) is 2.09. The van der Waals surface area contributed by atoms with Crippen molar-refractivity contribution < 1.29 is 9.84 Å². The van der Waals surface area contributed by atoms with Crippen LogP contribution in [0.25, 0.3) is 0 Å². The van der Waals surface area contributed by atoms with Crippen LogP contribution in [-0.2, 0) is 0 Å². The van der Waals surface area contributed by atoms with Crippen LogP contribution in [0, 0.1) is 5.92 Å². The normalized spacial score (nSPS) is 21.6. The number of hydrogen-bond donors (Lipinski definition) is 2. The van der Waals surface area contributed by atoms with Crippen LogP contribution in [0.3, 0.4) is 0 Å². The van der Waals surface area contributed by atoms with Crippen LogP contribution in [0.4, 0.5) is 0 Å². The molecule has 0 radical (unpaired) electrons. The summed E-state index contributed by atoms with van der Waals surface area (Å²) in [6.45, 7) is 2.56. The molecule has 0 aliphatic heterocycles. The van der Waals surface area contributed by atoms with Crippen LogP contribution >= 0.6 is 12.2 Å². The molecule has 1 aromatic carbocycles. The molecule has 20 heavy (non-hydrogen) atoms. The van der Waals surface area contributed by atoms with Gasteiger partial charge in [0.1, 0.15) is 17.3 Å². The Morgan fingerprint density at radius 2 is 2.05 bits per heavy atom. The summed E-state index contributed by atoms with van der Waals surface area (Å²) >= 11 is 4.90. The first kappa shape index (κ1) is 15.2. The molecule has 0 heterocycles. The molecular weight excluding hydrogens is 272 g/mol. The summed E-state index contributed by atoms with van der Waals surface area (Å²) in [5.41, 5.74) is 6.40. The van der Waals surface area contributed by atoms with E-state index in [2.05, 4.69) is 11.9 Å². The Bertz CT molecular complexity index is 444. The van der Waals surface area contributed by atoms with Crippen LogP contribution < -0.4 is 10.5 Å². The van der Waals surface area contributed by atoms with E-state index >= 15 is 0 Å². The van der Waals surface area contributed by atoms with E-state index in [4.69, 9.17) is 22.7 Å². The number of nitrogens with zero attached hydrogens (tertiary/aromatic N) is 1. The molecule has 0 aromatic heterocycles. The summed E-state index contributed by atoms with van der Waals surface area (Å²) in [6, 6.07) is 7.52. The largest absolute Gasteiger partial charge is 0.492 e. The van der Waals surface area contributed by atoms with Crippen molar-refractivity contribution in [1.29, 1.82) is 0 Å². The molecular formula is C15H22N2O2S. The summed E-state index contributed by atoms with van der Waals surface area (Å²) in [4.78, 5) is 2.65. The van der Waals surface area contributed by atoms with Gasteiger partial charge in [0.15, 0.2) is 0 Å². The maximum Gasteiger partial charge on any atom is 0.119 e. The highest BCUT2D eigenvalue weighted by Gasteiger charge is 2.27. The Labute approximate surface area is 125 Å². The van der Waals surface area contributed by atoms with E-state index in [0.29, 0.717) is 17.5 Å². The number of likely N-dealkylation sites (N-methyl/N-ethyl adjacent to an activating group) is 1. The topological polar surface area (TPSA) is 58.7 Å². The number of benzene rings is 1. The number of aliphatic hydroxyl groups is 1. The summed E-state index contributed by atoms with van der Waals surface area (Å²) < 4.78 is 5.69. The van der Waals surface area contributed by atoms with Gasteiger partial charge in [-0.3, -0.25) is 0 Å². The molecule has 0 saturated heterocycles. The molecule has 110 valence electrons. The van der Waals surface area contributed by atoms with Crippen molar-refractivity contribution in [3.63, 3.8) is 0 Å². The lowest BCUT2D eigenvalue weighted by Crippen LogP contribution is -2.38. The Hall–Kier alpha value is -1.17. The van der Waals surface area contributed by atoms with Gasteiger partial charge in [0.05, 0.1) is 6.10 Å². The molecule has 4 nitrogen and oxygen atoms in total. The molecule has 5 heteroatoms. The van der Waals surface area contributed by atoms with Crippen molar-refractivity contribution in [3.05, 3.63) is 29.8 Å². The second-order valence-electron chi connectivity index (χ2n) is 5.49. The average Bonchev–Trinajstić information content (AvgIpc) is 2.37. The van der Waals surface area contributed by atoms with Crippen molar-refractivity contribution in [2.24, 2.45) is 11.7 Å². The zero-order valence-electron chi connectivity index (χ0n) is 11.8. The highest BCUT2D eigenvalue weighted by molar-refractivity contribution is 7.80. The quantitative estimate of drug-likeness (QED) is 0.745. The van der Waals surface area contributed by atoms with E-state index in [1.807, 2.05) is 24.3 Å². The standard InChI is InChI=1S/C15H22N2O2S/c1-17(10-11-8-13(18)9-11)6-7-19-14-4-2-12(3-5-14)15(16)20/h2-5,11,13,18H,6-10H2,1H3,(H2,16,20). The number of nitrogens with two attached hydrogens (primary N) is 1. The van der Waals surface area contributed by atoms with E-state index in [9.17, 15) is 5.11 Å². The number of rotatable bonds is 7. The molecule has 1 aromatic rings. The van der Waals surface area contributed by atoms with Gasteiger partial charge < -0.3 is 20.5 Å². The van der Waals surface area contributed by atoms with Gasteiger partial charge in [-0.1, -0.05) is 12.2 Å². The molecule has 3 N–H and O–H groups in total. The Balaban J connectivity index is 1.66. The molecule has 1 aliphatic rings. The summed E-state index contributed by atoms with van der Waals surface area (Å²) in [5.74, 6) is 1.47. The molecule has 0 atom stereocenters. The van der Waals surface area contributed by atoms with Crippen LogP contribution in [0.15, 0.2) is 24.3 Å². The fourth-order valence-corrected chi connectivity index (χ4v) is 2.55. The zero-order chi connectivity index (χ0) is 14.5. The molecule has 1 saturated carbocycles. The fourth-order valence-electron chi connectivity index (χ4n) is 2.42. The van der Waals surface area contributed by atoms with Crippen LogP contribution in [-0.4, -0.2) is 47.8 Å². The molecule has 1 fully saturated rings. The molecule has 1 aliphatic carbocycles. The Kier molecular flexibility index (Phi) is 5.34. The SMILES string of the molecule is CN(CCOc1ccc(C(N)=S)cc1)CC1CC(O)C1. The van der Waals surface area contributed by atoms with Crippen LogP contribution in [0.5, 0.6) is 5.75 Å². The predicted octanol–water partition coefficient (Wildman–Crippen LogP) is 1.40. The third-order valence-corrected chi connectivity index (χ3v) is 3.90. The van der Waals surface area contributed by atoms with Gasteiger partial charge in [-0.15, -0.1) is 0 Å². The smallest absolute Gasteiger partial charge is 0.119 e. The van der Waals surface area contributed by atoms with Crippen molar-refractivity contribution in [2.75, 3.05) is 26.7 Å². The summed E-state index contributed by atoms with van der Waals surface area (Å²) in [6.07, 6.45) is 1.80. The van der Waals surface area contributed by atoms with E-state index in [1.165, 1.54) is 0 Å². The maximum absolute atomic E-state index is 9.26. The van der Waals surface area contributed by atoms with Gasteiger partial charge in [0.2, 0.25) is 0 Å². The minimum absolute atomic E-state index is 0.0724. The summed E-state index contributed by atoms with van der Waals surface area (Å²) in [5, 5.41) is 9.26. The predicted molar refractivity (Wildman–Crippen MR) is 84.1 cm³/mol. The number of ether oxygens (including phenoxy) is 1. The molecule has 0 bridgehead atoms. The third kappa shape index (κ3) is 4.44. The van der Waals surface area contributed by atoms with Crippen molar-refractivity contribution in [2.45, 2.75) is 18.9 Å². The molecule has 2 rings (SSSR count). The minimum atomic E-state index is -0.0724. The first-order valence-electron chi connectivity index (χ1n) is 6.94. The van der Waals surface area contributed by atoms with Gasteiger partial charge in [-0.2, -0.15) is 0 Å². The number of aliphatic hydroxyl groups excluding tert-OH is 1. The highest BCUT2D eigenvalue weighted by atomic mass is 32.1. The van der Waals surface area contributed by atoms with Gasteiger partial charge in [-0.05, 0) is 50.1 Å². The first-order valence-corrected chi connectivity index (χ1v) is 7.34. The average molecular weight is 294 g/mol. The zero-order valence-corrected chi connectivity index (χ0v) is 12.6. The van der Waals surface area contributed by atoms with E-state index in [1.54, 1.807) is 0 Å². The Morgan fingerprint density at radius 1 is 1.40 bits per heavy atom. The van der Waals surface area contributed by atoms with Gasteiger partial charge in [-0.25, -0.2) is 0 Å². The lowest BCUT2D eigenvalue weighted by Gasteiger charge is -2.34. The van der Waals surface area contributed by atoms with Crippen LogP contribution in [0.2, 0.25) is 0 Å². The van der Waals surface area contributed by atoms with Gasteiger partial charge in [0, 0.05) is 18.7 Å². The first-order chi connectivity index (χ1) is 9.54. The van der Waals surface area contributed by atoms with E-state index < -0.39 is 0 Å². The maximum atomic E-state index is 9.26. The number of hydrogen-bond acceptors (Lipinski definition) is 4. The van der Waals surface area contributed by atoms with E-state index in [-0.39, 0.29) is 6.10 Å². The second-order valence-corrected chi connectivity index (χ2v) is 5.93. The van der Waals surface area contributed by atoms with Crippen LogP contribution in [0.1, 0.15) is 18.4 Å². The van der Waals surface area contributed by atoms with Gasteiger partial charge in [0.25, 0.3) is 0 Å². The minimum Gasteiger partial charge on any atom is -0.492 e. The highest BCUT2D eigenvalue weighted by Crippen LogP contribution is 2.27. The lowest BCUT2D eigenvalue weighted by molar-refractivity contribution is 0.0269.